The van der Waals surface area contributed by atoms with Gasteiger partial charge in [-0.2, -0.15) is 0 Å². The summed E-state index contributed by atoms with van der Waals surface area (Å²) < 4.78 is 12.0. The second-order valence-electron chi connectivity index (χ2n) is 4.46. The summed E-state index contributed by atoms with van der Waals surface area (Å²) in [6.07, 6.45) is 1.13. The number of rotatable bonds is 3. The molecule has 3 heteroatoms. The number of hydrogen-bond donors (Lipinski definition) is 1. The van der Waals surface area contributed by atoms with Crippen LogP contribution in [0.3, 0.4) is 0 Å². The zero-order chi connectivity index (χ0) is 11.5. The van der Waals surface area contributed by atoms with E-state index in [-0.39, 0.29) is 0 Å². The van der Waals surface area contributed by atoms with Crippen LogP contribution in [0.25, 0.3) is 0 Å². The summed E-state index contributed by atoms with van der Waals surface area (Å²) in [6, 6.07) is 8.49. The van der Waals surface area contributed by atoms with Gasteiger partial charge in [0.1, 0.15) is 0 Å². The molecule has 2 nitrogen and oxygen atoms in total. The summed E-state index contributed by atoms with van der Waals surface area (Å²) in [6.45, 7) is 5.38. The van der Waals surface area contributed by atoms with Gasteiger partial charge in [0, 0.05) is 16.7 Å². The largest absolute Gasteiger partial charge is 0.310 e. The van der Waals surface area contributed by atoms with Crippen LogP contribution in [0, 0.1) is 5.92 Å². The zero-order valence-corrected chi connectivity index (χ0v) is 10.7. The second-order valence-corrected chi connectivity index (χ2v) is 5.92. The van der Waals surface area contributed by atoms with E-state index in [0.29, 0.717) is 12.0 Å². The van der Waals surface area contributed by atoms with Crippen molar-refractivity contribution >= 4 is 10.8 Å². The fourth-order valence-corrected chi connectivity index (χ4v) is 3.82. The van der Waals surface area contributed by atoms with Gasteiger partial charge >= 0.3 is 0 Å². The third-order valence-electron chi connectivity index (χ3n) is 3.10. The van der Waals surface area contributed by atoms with E-state index in [0.717, 1.165) is 23.6 Å². The highest BCUT2D eigenvalue weighted by Gasteiger charge is 2.29. The van der Waals surface area contributed by atoms with Gasteiger partial charge in [-0.3, -0.25) is 4.21 Å². The average molecular weight is 237 g/mol. The van der Waals surface area contributed by atoms with E-state index in [1.165, 1.54) is 5.56 Å². The van der Waals surface area contributed by atoms with Crippen LogP contribution in [0.4, 0.5) is 0 Å². The lowest BCUT2D eigenvalue weighted by atomic mass is 9.95. The number of fused-ring (bicyclic) bond motifs is 1. The van der Waals surface area contributed by atoms with Gasteiger partial charge in [0.2, 0.25) is 0 Å². The maximum absolute atomic E-state index is 12.0. The molecule has 0 spiro atoms. The minimum atomic E-state index is -0.811. The van der Waals surface area contributed by atoms with Gasteiger partial charge in [-0.15, -0.1) is 0 Å². The molecule has 1 aromatic rings. The van der Waals surface area contributed by atoms with Crippen LogP contribution in [0.1, 0.15) is 31.9 Å². The zero-order valence-electron chi connectivity index (χ0n) is 9.90. The van der Waals surface area contributed by atoms with E-state index < -0.39 is 10.8 Å². The second kappa shape index (κ2) is 5.11. The van der Waals surface area contributed by atoms with E-state index >= 15 is 0 Å². The monoisotopic (exact) mass is 237 g/mol. The summed E-state index contributed by atoms with van der Waals surface area (Å²) in [5.74, 6) is 1.22. The minimum absolute atomic E-state index is 0.369. The molecule has 1 aliphatic rings. The first-order chi connectivity index (χ1) is 7.74. The quantitative estimate of drug-likeness (QED) is 0.875. The van der Waals surface area contributed by atoms with Crippen molar-refractivity contribution in [2.24, 2.45) is 5.92 Å². The Morgan fingerprint density at radius 2 is 2.19 bits per heavy atom. The molecule has 1 heterocycles. The molecule has 1 aromatic carbocycles. The van der Waals surface area contributed by atoms with Gasteiger partial charge in [0.25, 0.3) is 0 Å². The maximum Gasteiger partial charge on any atom is 0.0536 e. The molecule has 2 rings (SSSR count). The SMILES string of the molecule is CCCNC1c2ccccc2S(=O)CC1C. The lowest BCUT2D eigenvalue weighted by Crippen LogP contribution is -2.34. The van der Waals surface area contributed by atoms with E-state index in [1.807, 2.05) is 18.2 Å². The van der Waals surface area contributed by atoms with Crippen LogP contribution in [0.15, 0.2) is 29.2 Å². The predicted octanol–water partition coefficient (Wildman–Crippen LogP) is 2.48. The van der Waals surface area contributed by atoms with Crippen molar-refractivity contribution in [1.29, 1.82) is 0 Å². The van der Waals surface area contributed by atoms with Gasteiger partial charge in [0.15, 0.2) is 0 Å². The molecular formula is C13H19NOS. The first-order valence-electron chi connectivity index (χ1n) is 5.94. The molecule has 1 aliphatic heterocycles. The molecule has 0 aromatic heterocycles. The molecule has 3 unspecified atom stereocenters. The lowest BCUT2D eigenvalue weighted by molar-refractivity contribution is 0.403. The first-order valence-corrected chi connectivity index (χ1v) is 7.26. The van der Waals surface area contributed by atoms with E-state index in [9.17, 15) is 4.21 Å². The Morgan fingerprint density at radius 3 is 2.94 bits per heavy atom. The third kappa shape index (κ3) is 2.20. The summed E-state index contributed by atoms with van der Waals surface area (Å²) in [5, 5.41) is 3.56. The van der Waals surface area contributed by atoms with Gasteiger partial charge in [0.05, 0.1) is 10.8 Å². The van der Waals surface area contributed by atoms with Gasteiger partial charge < -0.3 is 5.32 Å². The lowest BCUT2D eigenvalue weighted by Gasteiger charge is -2.31. The third-order valence-corrected chi connectivity index (χ3v) is 4.79. The van der Waals surface area contributed by atoms with Gasteiger partial charge in [-0.1, -0.05) is 32.0 Å². The van der Waals surface area contributed by atoms with Crippen molar-refractivity contribution in [1.82, 2.24) is 5.32 Å². The van der Waals surface area contributed by atoms with Crippen LogP contribution in [-0.4, -0.2) is 16.5 Å². The summed E-state index contributed by atoms with van der Waals surface area (Å²) in [4.78, 5) is 1.02. The van der Waals surface area contributed by atoms with Crippen LogP contribution < -0.4 is 5.32 Å². The highest BCUT2D eigenvalue weighted by Crippen LogP contribution is 2.33. The van der Waals surface area contributed by atoms with Crippen molar-refractivity contribution in [2.75, 3.05) is 12.3 Å². The van der Waals surface area contributed by atoms with Crippen molar-refractivity contribution < 1.29 is 4.21 Å². The molecule has 0 bridgehead atoms. The Kier molecular flexibility index (Phi) is 3.77. The molecule has 0 aliphatic carbocycles. The Morgan fingerprint density at radius 1 is 1.44 bits per heavy atom. The van der Waals surface area contributed by atoms with Crippen molar-refractivity contribution in [3.8, 4) is 0 Å². The molecular weight excluding hydrogens is 218 g/mol. The van der Waals surface area contributed by atoms with Crippen LogP contribution in [0.2, 0.25) is 0 Å². The number of benzene rings is 1. The molecule has 16 heavy (non-hydrogen) atoms. The Bertz CT molecular complexity index is 391. The fraction of sp³-hybridized carbons (Fsp3) is 0.538. The Labute approximate surface area is 99.9 Å². The standard InChI is InChI=1S/C13H19NOS/c1-3-8-14-13-10(2)9-16(15)12-7-5-4-6-11(12)13/h4-7,10,13-14H,3,8-9H2,1-2H3. The fourth-order valence-electron chi connectivity index (χ4n) is 2.29. The van der Waals surface area contributed by atoms with Crippen molar-refractivity contribution in [2.45, 2.75) is 31.2 Å². The predicted molar refractivity (Wildman–Crippen MR) is 67.9 cm³/mol. The average Bonchev–Trinajstić information content (AvgIpc) is 2.29. The maximum atomic E-state index is 12.0. The Balaban J connectivity index is 2.31. The summed E-state index contributed by atoms with van der Waals surface area (Å²) in [7, 11) is -0.811. The molecule has 88 valence electrons. The van der Waals surface area contributed by atoms with Gasteiger partial charge in [-0.25, -0.2) is 0 Å². The molecule has 0 fully saturated rings. The molecule has 0 radical (unpaired) electrons. The highest BCUT2D eigenvalue weighted by atomic mass is 32.2. The van der Waals surface area contributed by atoms with Crippen molar-refractivity contribution in [3.63, 3.8) is 0 Å². The van der Waals surface area contributed by atoms with Crippen LogP contribution in [0.5, 0.6) is 0 Å². The molecule has 1 N–H and O–H groups in total. The minimum Gasteiger partial charge on any atom is -0.310 e. The van der Waals surface area contributed by atoms with Crippen LogP contribution in [-0.2, 0) is 10.8 Å². The number of hydrogen-bond acceptors (Lipinski definition) is 2. The molecule has 3 atom stereocenters. The summed E-state index contributed by atoms with van der Waals surface area (Å²) in [5.41, 5.74) is 1.23. The molecule has 0 saturated heterocycles. The van der Waals surface area contributed by atoms with E-state index in [4.69, 9.17) is 0 Å². The normalized spacial score (nSPS) is 28.8. The highest BCUT2D eigenvalue weighted by molar-refractivity contribution is 7.85. The smallest absolute Gasteiger partial charge is 0.0536 e. The first kappa shape index (κ1) is 11.8. The topological polar surface area (TPSA) is 29.1 Å². The summed E-state index contributed by atoms with van der Waals surface area (Å²) >= 11 is 0. The van der Waals surface area contributed by atoms with Crippen molar-refractivity contribution in [3.05, 3.63) is 29.8 Å². The molecule has 0 amide bonds. The Hall–Kier alpha value is -0.670. The molecule has 0 saturated carbocycles. The number of nitrogens with one attached hydrogen (secondary N) is 1. The van der Waals surface area contributed by atoms with E-state index in [1.54, 1.807) is 0 Å². The van der Waals surface area contributed by atoms with E-state index in [2.05, 4.69) is 25.2 Å². The van der Waals surface area contributed by atoms with Gasteiger partial charge in [-0.05, 0) is 30.5 Å². The van der Waals surface area contributed by atoms with Crippen LogP contribution >= 0.6 is 0 Å².